The second-order valence-electron chi connectivity index (χ2n) is 18.6. The van der Waals surface area contributed by atoms with E-state index in [1.165, 1.54) is 0 Å². The molecule has 46 heavy (non-hydrogen) atoms. The van der Waals surface area contributed by atoms with Crippen LogP contribution in [0.5, 0.6) is 0 Å². The predicted octanol–water partition coefficient (Wildman–Crippen LogP) is 3.80. The van der Waals surface area contributed by atoms with Crippen molar-refractivity contribution in [3.05, 3.63) is 0 Å². The zero-order valence-electron chi connectivity index (χ0n) is 28.6. The second-order valence-corrected chi connectivity index (χ2v) is 18.6. The minimum absolute atomic E-state index is 0.0132. The zero-order valence-corrected chi connectivity index (χ0v) is 28.6. The lowest BCUT2D eigenvalue weighted by Crippen LogP contribution is -2.76. The summed E-state index contributed by atoms with van der Waals surface area (Å²) in [6.45, 7) is 16.0. The highest BCUT2D eigenvalue weighted by atomic mass is 16.7. The number of carboxylic acid groups (broad SMARTS) is 1. The Hall–Kier alpha value is -1.30. The molecule has 7 aliphatic rings. The van der Waals surface area contributed by atoms with Gasteiger partial charge in [0.25, 0.3) is 0 Å². The average molecular weight is 649 g/mol. The number of aliphatic hydroxyl groups is 4. The summed E-state index contributed by atoms with van der Waals surface area (Å²) in [5.74, 6) is -1.12. The SMILES string of the molecule is CC1(C)CC[C@@]23CC[C@]4(C)[C@@](OC2=O)([C@@H]3C1)[C@@H](O)C[C@@H]1[C@@]2(C)CC[C@H](O[C@H]3O[C@H](C(=O)O)[C@@H](O)[C@H](O)[C@@H]3O)C(C)(C)[C@@H]2CC[C@]14C. The first-order valence-corrected chi connectivity index (χ1v) is 17.7. The van der Waals surface area contributed by atoms with E-state index in [9.17, 15) is 35.1 Å². The number of carbonyl (C=O) groups excluding carboxylic acids is 1. The van der Waals surface area contributed by atoms with E-state index in [0.717, 1.165) is 51.4 Å². The van der Waals surface area contributed by atoms with Crippen LogP contribution in [-0.2, 0) is 23.8 Å². The Morgan fingerprint density at radius 1 is 0.804 bits per heavy atom. The number of fused-ring (bicyclic) bond motifs is 4. The average Bonchev–Trinajstić information content (AvgIpc) is 3.15. The first kappa shape index (κ1) is 33.2. The topological polar surface area (TPSA) is 163 Å². The molecule has 7 fully saturated rings. The number of ether oxygens (including phenoxy) is 3. The maximum absolute atomic E-state index is 13.9. The van der Waals surface area contributed by atoms with E-state index in [1.54, 1.807) is 0 Å². The van der Waals surface area contributed by atoms with Gasteiger partial charge in [0.2, 0.25) is 0 Å². The van der Waals surface area contributed by atoms with Gasteiger partial charge in [-0.1, -0.05) is 48.5 Å². The Bertz CT molecular complexity index is 1300. The lowest BCUT2D eigenvalue weighted by Gasteiger charge is -2.74. The number of carboxylic acids is 1. The number of esters is 1. The molecule has 0 radical (unpaired) electrons. The summed E-state index contributed by atoms with van der Waals surface area (Å²) in [6.07, 6.45) is -1.04. The number of hydrogen-bond acceptors (Lipinski definition) is 9. The number of aliphatic carboxylic acids is 1. The molecule has 7 rings (SSSR count). The smallest absolute Gasteiger partial charge is 0.335 e. The summed E-state index contributed by atoms with van der Waals surface area (Å²) in [6, 6.07) is 0. The number of hydrogen-bond donors (Lipinski definition) is 5. The van der Waals surface area contributed by atoms with Gasteiger partial charge in [-0.3, -0.25) is 4.79 Å². The maximum atomic E-state index is 13.9. The maximum Gasteiger partial charge on any atom is 0.335 e. The van der Waals surface area contributed by atoms with E-state index in [2.05, 4.69) is 48.5 Å². The molecular formula is C36H56O10. The highest BCUT2D eigenvalue weighted by Crippen LogP contribution is 2.80. The largest absolute Gasteiger partial charge is 0.479 e. The number of rotatable bonds is 3. The van der Waals surface area contributed by atoms with Crippen LogP contribution in [0.3, 0.4) is 0 Å². The van der Waals surface area contributed by atoms with E-state index >= 15 is 0 Å². The monoisotopic (exact) mass is 648 g/mol. The van der Waals surface area contributed by atoms with Crippen LogP contribution in [0.4, 0.5) is 0 Å². The standard InChI is InChI=1S/C36H56O10/c1-30(2)12-14-35-15-13-34(7)33(6)11-8-18-31(3,4)22(44-28-25(40)23(38)24(39)26(45-28)27(41)42)9-10-32(18,5)19(33)16-21(37)36(34,20(35)17-30)46-29(35)43/h18-26,28,37-40H,8-17H2,1-7H3,(H,41,42)/t18-,19+,20+,21-,22-,23-,24-,25-,26-,28-,32-,33+,34-,35-,36+/m0/s1. The quantitative estimate of drug-likeness (QED) is 0.225. The van der Waals surface area contributed by atoms with Crippen molar-refractivity contribution in [2.75, 3.05) is 0 Å². The number of carbonyl (C=O) groups is 2. The molecule has 2 bridgehead atoms. The van der Waals surface area contributed by atoms with Crippen molar-refractivity contribution in [2.45, 2.75) is 161 Å². The lowest BCUT2D eigenvalue weighted by molar-refractivity contribution is -0.336. The highest BCUT2D eigenvalue weighted by molar-refractivity contribution is 5.82. The second kappa shape index (κ2) is 9.90. The van der Waals surface area contributed by atoms with Crippen molar-refractivity contribution < 1.29 is 49.3 Å². The molecule has 0 aromatic rings. The third kappa shape index (κ3) is 3.86. The molecule has 10 heteroatoms. The van der Waals surface area contributed by atoms with E-state index in [4.69, 9.17) is 14.2 Å². The van der Waals surface area contributed by atoms with Gasteiger partial charge in [-0.05, 0) is 97.7 Å². The van der Waals surface area contributed by atoms with Crippen LogP contribution in [0.25, 0.3) is 0 Å². The molecule has 10 nitrogen and oxygen atoms in total. The molecule has 5 N–H and O–H groups in total. The molecule has 1 spiro atoms. The summed E-state index contributed by atoms with van der Waals surface area (Å²) in [5, 5.41) is 53.3. The summed E-state index contributed by atoms with van der Waals surface area (Å²) in [4.78, 5) is 25.6. The van der Waals surface area contributed by atoms with Gasteiger partial charge in [0, 0.05) is 11.3 Å². The molecule has 2 aliphatic heterocycles. The summed E-state index contributed by atoms with van der Waals surface area (Å²) < 4.78 is 18.6. The lowest BCUT2D eigenvalue weighted by atomic mass is 9.30. The normalized spacial score (nSPS) is 56.9. The fraction of sp³-hybridized carbons (Fsp3) is 0.944. The summed E-state index contributed by atoms with van der Waals surface area (Å²) in [7, 11) is 0. The van der Waals surface area contributed by atoms with Gasteiger partial charge in [0.05, 0.1) is 17.6 Å². The van der Waals surface area contributed by atoms with Crippen molar-refractivity contribution in [3.63, 3.8) is 0 Å². The molecule has 260 valence electrons. The van der Waals surface area contributed by atoms with Gasteiger partial charge < -0.3 is 39.7 Å². The van der Waals surface area contributed by atoms with Gasteiger partial charge in [-0.25, -0.2) is 4.79 Å². The van der Waals surface area contributed by atoms with E-state index in [1.807, 2.05) is 0 Å². The Kier molecular flexibility index (Phi) is 7.15. The first-order valence-electron chi connectivity index (χ1n) is 17.7. The molecule has 15 atom stereocenters. The van der Waals surface area contributed by atoms with Crippen LogP contribution in [0.1, 0.15) is 113 Å². The van der Waals surface area contributed by atoms with Crippen molar-refractivity contribution >= 4 is 11.9 Å². The van der Waals surface area contributed by atoms with Crippen LogP contribution in [0.2, 0.25) is 0 Å². The Labute approximate surface area is 272 Å². The molecule has 2 heterocycles. The van der Waals surface area contributed by atoms with Crippen molar-refractivity contribution in [1.29, 1.82) is 0 Å². The Morgan fingerprint density at radius 2 is 1.48 bits per heavy atom. The van der Waals surface area contributed by atoms with Gasteiger partial charge >= 0.3 is 11.9 Å². The number of aliphatic hydroxyl groups excluding tert-OH is 4. The third-order valence-electron chi connectivity index (χ3n) is 16.1. The van der Waals surface area contributed by atoms with Gasteiger partial charge in [-0.15, -0.1) is 0 Å². The van der Waals surface area contributed by atoms with Crippen LogP contribution in [0, 0.1) is 50.2 Å². The van der Waals surface area contributed by atoms with Crippen LogP contribution in [0.15, 0.2) is 0 Å². The molecule has 5 aliphatic carbocycles. The fourth-order valence-corrected chi connectivity index (χ4v) is 13.4. The van der Waals surface area contributed by atoms with Gasteiger partial charge in [-0.2, -0.15) is 0 Å². The van der Waals surface area contributed by atoms with Crippen molar-refractivity contribution in [2.24, 2.45) is 50.2 Å². The van der Waals surface area contributed by atoms with Crippen LogP contribution < -0.4 is 0 Å². The van der Waals surface area contributed by atoms with E-state index in [0.29, 0.717) is 12.8 Å². The highest BCUT2D eigenvalue weighted by Gasteiger charge is 2.83. The van der Waals surface area contributed by atoms with Gasteiger partial charge in [0.1, 0.15) is 23.9 Å². The Balaban J connectivity index is 1.20. The van der Waals surface area contributed by atoms with Gasteiger partial charge in [0.15, 0.2) is 12.4 Å². The van der Waals surface area contributed by atoms with Crippen LogP contribution in [-0.4, -0.2) is 86.0 Å². The molecular weight excluding hydrogens is 592 g/mol. The molecule has 0 amide bonds. The van der Waals surface area contributed by atoms with Crippen molar-refractivity contribution in [1.82, 2.24) is 0 Å². The summed E-state index contributed by atoms with van der Waals surface area (Å²) in [5.41, 5.74) is -2.40. The molecule has 0 aromatic heterocycles. The summed E-state index contributed by atoms with van der Waals surface area (Å²) >= 11 is 0. The third-order valence-corrected chi connectivity index (χ3v) is 16.1. The minimum Gasteiger partial charge on any atom is -0.479 e. The molecule has 0 unspecified atom stereocenters. The first-order chi connectivity index (χ1) is 21.2. The zero-order chi connectivity index (χ0) is 33.6. The molecule has 5 saturated carbocycles. The fourth-order valence-electron chi connectivity index (χ4n) is 13.4. The molecule has 0 aromatic carbocycles. The molecule has 2 saturated heterocycles. The van der Waals surface area contributed by atoms with Crippen LogP contribution >= 0.6 is 0 Å². The minimum atomic E-state index is -1.77. The van der Waals surface area contributed by atoms with E-state index in [-0.39, 0.29) is 45.4 Å². The van der Waals surface area contributed by atoms with Crippen molar-refractivity contribution in [3.8, 4) is 0 Å². The van der Waals surface area contributed by atoms with E-state index < -0.39 is 65.3 Å². The Morgan fingerprint density at radius 3 is 2.15 bits per heavy atom. The predicted molar refractivity (Wildman–Crippen MR) is 165 cm³/mol.